The van der Waals surface area contributed by atoms with Gasteiger partial charge >= 0.3 is 0 Å². The zero-order valence-corrected chi connectivity index (χ0v) is 8.42. The van der Waals surface area contributed by atoms with Crippen molar-refractivity contribution in [3.63, 3.8) is 0 Å². The van der Waals surface area contributed by atoms with Gasteiger partial charge in [-0.3, -0.25) is 0 Å². The third-order valence-corrected chi connectivity index (χ3v) is 3.25. The predicted octanol–water partition coefficient (Wildman–Crippen LogP) is 2.89. The van der Waals surface area contributed by atoms with Gasteiger partial charge in [-0.25, -0.2) is 0 Å². The minimum Gasteiger partial charge on any atom is -0.303 e. The smallest absolute Gasteiger partial charge is 0.123 e. The Morgan fingerprint density at radius 1 is 1.33 bits per heavy atom. The van der Waals surface area contributed by atoms with Crippen LogP contribution in [-0.2, 0) is 4.79 Å². The maximum atomic E-state index is 10.8. The molecule has 1 aliphatic rings. The molecule has 0 bridgehead atoms. The summed E-state index contributed by atoms with van der Waals surface area (Å²) in [5, 5.41) is 0. The van der Waals surface area contributed by atoms with E-state index in [1.807, 2.05) is 0 Å². The van der Waals surface area contributed by atoms with Gasteiger partial charge in [-0.15, -0.1) is 0 Å². The summed E-state index contributed by atoms with van der Waals surface area (Å²) in [6.07, 6.45) is 4.86. The molecular formula is C11H20O. The highest BCUT2D eigenvalue weighted by Crippen LogP contribution is 2.36. The van der Waals surface area contributed by atoms with Crippen LogP contribution in [0.1, 0.15) is 40.0 Å². The number of aldehydes is 1. The van der Waals surface area contributed by atoms with Crippen molar-refractivity contribution in [3.05, 3.63) is 0 Å². The minimum absolute atomic E-state index is 0.341. The molecule has 0 heterocycles. The summed E-state index contributed by atoms with van der Waals surface area (Å²) in [6.45, 7) is 6.72. The second-order valence-electron chi connectivity index (χ2n) is 4.63. The fourth-order valence-electron chi connectivity index (χ4n) is 2.43. The third-order valence-electron chi connectivity index (χ3n) is 3.25. The third kappa shape index (κ3) is 2.09. The zero-order chi connectivity index (χ0) is 9.14. The molecule has 0 amide bonds. The Labute approximate surface area is 75.5 Å². The summed E-state index contributed by atoms with van der Waals surface area (Å²) in [4.78, 5) is 10.8. The zero-order valence-electron chi connectivity index (χ0n) is 8.42. The first-order valence-corrected chi connectivity index (χ1v) is 5.10. The Bertz CT molecular complexity index is 151. The van der Waals surface area contributed by atoms with E-state index in [9.17, 15) is 4.79 Å². The van der Waals surface area contributed by atoms with Crippen molar-refractivity contribution in [1.29, 1.82) is 0 Å². The van der Waals surface area contributed by atoms with Gasteiger partial charge in [0.1, 0.15) is 6.29 Å². The molecule has 0 aliphatic heterocycles. The quantitative estimate of drug-likeness (QED) is 0.579. The van der Waals surface area contributed by atoms with Gasteiger partial charge in [0.2, 0.25) is 0 Å². The first kappa shape index (κ1) is 9.76. The Hall–Kier alpha value is -0.330. The van der Waals surface area contributed by atoms with Crippen molar-refractivity contribution in [1.82, 2.24) is 0 Å². The fourth-order valence-corrected chi connectivity index (χ4v) is 2.43. The molecule has 0 spiro atoms. The van der Waals surface area contributed by atoms with Gasteiger partial charge in [0.05, 0.1) is 0 Å². The molecule has 12 heavy (non-hydrogen) atoms. The van der Waals surface area contributed by atoms with Crippen LogP contribution in [0.2, 0.25) is 0 Å². The summed E-state index contributed by atoms with van der Waals surface area (Å²) < 4.78 is 0. The predicted molar refractivity (Wildman–Crippen MR) is 50.9 cm³/mol. The molecule has 1 fully saturated rings. The molecule has 0 aromatic rings. The van der Waals surface area contributed by atoms with Crippen molar-refractivity contribution in [2.45, 2.75) is 40.0 Å². The monoisotopic (exact) mass is 168 g/mol. The summed E-state index contributed by atoms with van der Waals surface area (Å²) in [6, 6.07) is 0. The second kappa shape index (κ2) is 4.06. The lowest BCUT2D eigenvalue weighted by Crippen LogP contribution is -2.28. The minimum atomic E-state index is 0.341. The molecule has 1 nitrogen and oxygen atoms in total. The van der Waals surface area contributed by atoms with Crippen molar-refractivity contribution < 1.29 is 4.79 Å². The van der Waals surface area contributed by atoms with E-state index in [-0.39, 0.29) is 0 Å². The van der Waals surface area contributed by atoms with Crippen LogP contribution in [0, 0.1) is 23.7 Å². The lowest BCUT2D eigenvalue weighted by atomic mass is 9.71. The molecule has 1 unspecified atom stereocenters. The average Bonchev–Trinajstić information content (AvgIpc) is 2.03. The van der Waals surface area contributed by atoms with E-state index >= 15 is 0 Å². The van der Waals surface area contributed by atoms with E-state index in [2.05, 4.69) is 20.8 Å². The van der Waals surface area contributed by atoms with E-state index < -0.39 is 0 Å². The van der Waals surface area contributed by atoms with Gasteiger partial charge in [0.25, 0.3) is 0 Å². The summed E-state index contributed by atoms with van der Waals surface area (Å²) >= 11 is 0. The van der Waals surface area contributed by atoms with Crippen LogP contribution in [0.25, 0.3) is 0 Å². The molecular weight excluding hydrogens is 148 g/mol. The van der Waals surface area contributed by atoms with Crippen molar-refractivity contribution in [2.75, 3.05) is 0 Å². The molecule has 0 aromatic carbocycles. The SMILES string of the molecule is CC(C)C1CC[C@@H](C)C[C@@H]1C=O. The molecule has 1 heteroatoms. The Balaban J connectivity index is 2.56. The summed E-state index contributed by atoms with van der Waals surface area (Å²) in [5.41, 5.74) is 0. The van der Waals surface area contributed by atoms with Gasteiger partial charge in [0.15, 0.2) is 0 Å². The van der Waals surface area contributed by atoms with Crippen LogP contribution in [0.5, 0.6) is 0 Å². The van der Waals surface area contributed by atoms with Crippen LogP contribution < -0.4 is 0 Å². The summed E-state index contributed by atoms with van der Waals surface area (Å²) in [5.74, 6) is 2.43. The topological polar surface area (TPSA) is 17.1 Å². The van der Waals surface area contributed by atoms with Gasteiger partial charge in [0, 0.05) is 5.92 Å². The molecule has 1 rings (SSSR count). The lowest BCUT2D eigenvalue weighted by Gasteiger charge is -2.34. The first-order chi connectivity index (χ1) is 5.65. The number of carbonyl (C=O) groups excluding carboxylic acids is 1. The molecule has 3 atom stereocenters. The van der Waals surface area contributed by atoms with E-state index in [0.29, 0.717) is 17.8 Å². The van der Waals surface area contributed by atoms with Crippen molar-refractivity contribution in [2.24, 2.45) is 23.7 Å². The number of hydrogen-bond donors (Lipinski definition) is 0. The van der Waals surface area contributed by atoms with Crippen molar-refractivity contribution in [3.8, 4) is 0 Å². The number of hydrogen-bond acceptors (Lipinski definition) is 1. The van der Waals surface area contributed by atoms with Gasteiger partial charge in [-0.1, -0.05) is 27.2 Å². The highest BCUT2D eigenvalue weighted by molar-refractivity contribution is 5.54. The maximum absolute atomic E-state index is 10.8. The Morgan fingerprint density at radius 3 is 2.50 bits per heavy atom. The van der Waals surface area contributed by atoms with E-state index in [0.717, 1.165) is 12.3 Å². The standard InChI is InChI=1S/C11H20O/c1-8(2)11-5-4-9(3)6-10(11)7-12/h7-11H,4-6H2,1-3H3/t9-,10-,11?/m1/s1. The largest absolute Gasteiger partial charge is 0.303 e. The van der Waals surface area contributed by atoms with Crippen LogP contribution in [0.4, 0.5) is 0 Å². The second-order valence-corrected chi connectivity index (χ2v) is 4.63. The fraction of sp³-hybridized carbons (Fsp3) is 0.909. The number of rotatable bonds is 2. The molecule has 1 saturated carbocycles. The molecule has 1 aliphatic carbocycles. The van der Waals surface area contributed by atoms with E-state index in [1.165, 1.54) is 19.1 Å². The van der Waals surface area contributed by atoms with Gasteiger partial charge in [-0.05, 0) is 30.6 Å². The molecule has 0 aromatic heterocycles. The van der Waals surface area contributed by atoms with E-state index in [1.54, 1.807) is 0 Å². The lowest BCUT2D eigenvalue weighted by molar-refractivity contribution is -0.114. The molecule has 70 valence electrons. The molecule has 0 radical (unpaired) electrons. The highest BCUT2D eigenvalue weighted by Gasteiger charge is 2.29. The van der Waals surface area contributed by atoms with Crippen molar-refractivity contribution >= 4 is 6.29 Å². The van der Waals surface area contributed by atoms with Crippen LogP contribution in [0.15, 0.2) is 0 Å². The molecule has 0 saturated heterocycles. The number of carbonyl (C=O) groups is 1. The average molecular weight is 168 g/mol. The van der Waals surface area contributed by atoms with E-state index in [4.69, 9.17) is 0 Å². The summed E-state index contributed by atoms with van der Waals surface area (Å²) in [7, 11) is 0. The van der Waals surface area contributed by atoms with Crippen LogP contribution in [0.3, 0.4) is 0 Å². The first-order valence-electron chi connectivity index (χ1n) is 5.10. The van der Waals surface area contributed by atoms with Crippen LogP contribution >= 0.6 is 0 Å². The maximum Gasteiger partial charge on any atom is 0.123 e. The van der Waals surface area contributed by atoms with Gasteiger partial charge in [-0.2, -0.15) is 0 Å². The Kier molecular flexibility index (Phi) is 3.30. The van der Waals surface area contributed by atoms with Crippen LogP contribution in [-0.4, -0.2) is 6.29 Å². The van der Waals surface area contributed by atoms with Gasteiger partial charge < -0.3 is 4.79 Å². The normalized spacial score (nSPS) is 36.8. The Morgan fingerprint density at radius 2 is 2.00 bits per heavy atom. The molecule has 0 N–H and O–H groups in total. The highest BCUT2D eigenvalue weighted by atomic mass is 16.1.